The molecular weight excluding hydrogens is 270 g/mol. The van der Waals surface area contributed by atoms with Crippen LogP contribution in [0.25, 0.3) is 0 Å². The van der Waals surface area contributed by atoms with Gasteiger partial charge in [0.25, 0.3) is 0 Å². The van der Waals surface area contributed by atoms with Crippen molar-refractivity contribution in [1.82, 2.24) is 9.78 Å². The van der Waals surface area contributed by atoms with E-state index in [1.807, 2.05) is 13.8 Å². The second-order valence-corrected chi connectivity index (χ2v) is 5.69. The summed E-state index contributed by atoms with van der Waals surface area (Å²) in [7, 11) is 0. The molecule has 1 aliphatic rings. The molecule has 1 aromatic heterocycles. The molecule has 1 saturated carbocycles. The Hall–Kier alpha value is -1.63. The predicted molar refractivity (Wildman–Crippen MR) is 82.5 cm³/mol. The summed E-state index contributed by atoms with van der Waals surface area (Å²) >= 11 is 0. The molecular formula is C14H25N5O2. The minimum absolute atomic E-state index is 0.147. The molecule has 0 atom stereocenters. The van der Waals surface area contributed by atoms with E-state index in [1.165, 1.54) is 0 Å². The zero-order chi connectivity index (χ0) is 15.6. The number of nitrogens with two attached hydrogens (primary N) is 1. The van der Waals surface area contributed by atoms with Gasteiger partial charge in [0.2, 0.25) is 5.82 Å². The smallest absolute Gasteiger partial charge is 0.333 e. The van der Waals surface area contributed by atoms with E-state index >= 15 is 0 Å². The molecule has 0 radical (unpaired) electrons. The van der Waals surface area contributed by atoms with E-state index in [4.69, 9.17) is 5.73 Å². The highest BCUT2D eigenvalue weighted by Gasteiger charge is 2.33. The van der Waals surface area contributed by atoms with Gasteiger partial charge in [-0.2, -0.15) is 5.10 Å². The van der Waals surface area contributed by atoms with Crippen LogP contribution in [-0.2, 0) is 6.54 Å². The molecule has 118 valence electrons. The Kier molecular flexibility index (Phi) is 4.82. The molecule has 1 aliphatic carbocycles. The molecule has 0 saturated heterocycles. The molecule has 1 fully saturated rings. The zero-order valence-corrected chi connectivity index (χ0v) is 13.1. The molecule has 2 rings (SSSR count). The fourth-order valence-electron chi connectivity index (χ4n) is 3.27. The average molecular weight is 295 g/mol. The number of rotatable bonds is 5. The van der Waals surface area contributed by atoms with Gasteiger partial charge in [0.15, 0.2) is 0 Å². The van der Waals surface area contributed by atoms with Crippen molar-refractivity contribution in [2.45, 2.75) is 65.1 Å². The maximum atomic E-state index is 11.4. The van der Waals surface area contributed by atoms with Crippen LogP contribution in [0.4, 0.5) is 11.5 Å². The standard InChI is InChI=1S/C14H25N5O2/c1-4-17(12-8-6-11(15)7-9-12)14-13(19(20)21)10(3)16-18(14)5-2/h11-12H,4-9,15H2,1-3H3. The maximum Gasteiger partial charge on any atom is 0.333 e. The van der Waals surface area contributed by atoms with Crippen molar-refractivity contribution in [2.75, 3.05) is 11.4 Å². The summed E-state index contributed by atoms with van der Waals surface area (Å²) in [6.07, 6.45) is 3.93. The molecule has 7 nitrogen and oxygen atoms in total. The summed E-state index contributed by atoms with van der Waals surface area (Å²) in [5, 5.41) is 15.8. The molecule has 0 bridgehead atoms. The third-order valence-corrected chi connectivity index (χ3v) is 4.35. The topological polar surface area (TPSA) is 90.2 Å². The quantitative estimate of drug-likeness (QED) is 0.664. The van der Waals surface area contributed by atoms with Crippen molar-refractivity contribution in [3.63, 3.8) is 0 Å². The van der Waals surface area contributed by atoms with Crippen LogP contribution < -0.4 is 10.6 Å². The number of anilines is 1. The van der Waals surface area contributed by atoms with Crippen molar-refractivity contribution >= 4 is 11.5 Å². The molecule has 1 aromatic rings. The van der Waals surface area contributed by atoms with Crippen molar-refractivity contribution < 1.29 is 4.92 Å². The molecule has 0 spiro atoms. The van der Waals surface area contributed by atoms with E-state index in [1.54, 1.807) is 11.6 Å². The Labute approximate surface area is 125 Å². The van der Waals surface area contributed by atoms with E-state index in [9.17, 15) is 10.1 Å². The summed E-state index contributed by atoms with van der Waals surface area (Å²) in [4.78, 5) is 13.3. The second kappa shape index (κ2) is 6.43. The van der Waals surface area contributed by atoms with E-state index in [0.29, 0.717) is 24.1 Å². The van der Waals surface area contributed by atoms with Crippen LogP contribution in [0.15, 0.2) is 0 Å². The van der Waals surface area contributed by atoms with Crippen molar-refractivity contribution in [1.29, 1.82) is 0 Å². The van der Waals surface area contributed by atoms with Crippen LogP contribution in [0.5, 0.6) is 0 Å². The zero-order valence-electron chi connectivity index (χ0n) is 13.1. The van der Waals surface area contributed by atoms with Gasteiger partial charge >= 0.3 is 5.69 Å². The van der Waals surface area contributed by atoms with Crippen LogP contribution in [0.1, 0.15) is 45.2 Å². The Balaban J connectivity index is 2.39. The lowest BCUT2D eigenvalue weighted by atomic mass is 9.90. The summed E-state index contributed by atoms with van der Waals surface area (Å²) in [6, 6.07) is 0.586. The van der Waals surface area contributed by atoms with E-state index < -0.39 is 0 Å². The molecule has 0 unspecified atom stereocenters. The van der Waals surface area contributed by atoms with Crippen molar-refractivity contribution in [2.24, 2.45) is 5.73 Å². The van der Waals surface area contributed by atoms with Crippen LogP contribution in [0.2, 0.25) is 0 Å². The highest BCUT2D eigenvalue weighted by molar-refractivity contribution is 5.62. The van der Waals surface area contributed by atoms with Gasteiger partial charge in [0.05, 0.1) is 4.92 Å². The first kappa shape index (κ1) is 15.8. The Bertz CT molecular complexity index is 506. The van der Waals surface area contributed by atoms with Gasteiger partial charge in [0.1, 0.15) is 5.69 Å². The maximum absolute atomic E-state index is 11.4. The lowest BCUT2D eigenvalue weighted by Gasteiger charge is -2.36. The first-order valence-electron chi connectivity index (χ1n) is 7.73. The third-order valence-electron chi connectivity index (χ3n) is 4.35. The molecule has 1 heterocycles. The van der Waals surface area contributed by atoms with Crippen molar-refractivity contribution in [3.05, 3.63) is 15.8 Å². The molecule has 21 heavy (non-hydrogen) atoms. The number of aryl methyl sites for hydroxylation is 2. The lowest BCUT2D eigenvalue weighted by molar-refractivity contribution is -0.384. The van der Waals surface area contributed by atoms with Crippen LogP contribution in [0.3, 0.4) is 0 Å². The van der Waals surface area contributed by atoms with Gasteiger partial charge in [-0.3, -0.25) is 10.1 Å². The van der Waals surface area contributed by atoms with Gasteiger partial charge in [0, 0.05) is 25.2 Å². The number of nitro groups is 1. The van der Waals surface area contributed by atoms with E-state index in [2.05, 4.69) is 10.00 Å². The number of hydrogen-bond acceptors (Lipinski definition) is 5. The van der Waals surface area contributed by atoms with Crippen molar-refractivity contribution in [3.8, 4) is 0 Å². The first-order valence-corrected chi connectivity index (χ1v) is 7.73. The monoisotopic (exact) mass is 295 g/mol. The largest absolute Gasteiger partial charge is 0.348 e. The summed E-state index contributed by atoms with van der Waals surface area (Å²) < 4.78 is 1.76. The van der Waals surface area contributed by atoms with E-state index in [0.717, 1.165) is 32.2 Å². The summed E-state index contributed by atoms with van der Waals surface area (Å²) in [5.41, 5.74) is 6.61. The lowest BCUT2D eigenvalue weighted by Crippen LogP contribution is -2.42. The van der Waals surface area contributed by atoms with E-state index in [-0.39, 0.29) is 16.7 Å². The van der Waals surface area contributed by atoms with Crippen LogP contribution >= 0.6 is 0 Å². The highest BCUT2D eigenvalue weighted by Crippen LogP contribution is 2.35. The fourth-order valence-corrected chi connectivity index (χ4v) is 3.27. The van der Waals surface area contributed by atoms with Gasteiger partial charge in [-0.05, 0) is 46.5 Å². The minimum atomic E-state index is -0.305. The molecule has 0 aliphatic heterocycles. The fraction of sp³-hybridized carbons (Fsp3) is 0.786. The van der Waals surface area contributed by atoms with Crippen LogP contribution in [0, 0.1) is 17.0 Å². The van der Waals surface area contributed by atoms with Crippen LogP contribution in [-0.4, -0.2) is 33.3 Å². The van der Waals surface area contributed by atoms with Gasteiger partial charge in [-0.1, -0.05) is 0 Å². The Morgan fingerprint density at radius 1 is 1.38 bits per heavy atom. The molecule has 2 N–H and O–H groups in total. The third kappa shape index (κ3) is 3.02. The Morgan fingerprint density at radius 2 is 2.00 bits per heavy atom. The number of nitrogens with zero attached hydrogens (tertiary/aromatic N) is 4. The van der Waals surface area contributed by atoms with Gasteiger partial charge < -0.3 is 10.6 Å². The SMILES string of the molecule is CCN(c1c([N+](=O)[O-])c(C)nn1CC)C1CCC(N)CC1. The Morgan fingerprint density at radius 3 is 2.48 bits per heavy atom. The average Bonchev–Trinajstić information content (AvgIpc) is 2.78. The highest BCUT2D eigenvalue weighted by atomic mass is 16.6. The first-order chi connectivity index (χ1) is 9.99. The summed E-state index contributed by atoms with van der Waals surface area (Å²) in [6.45, 7) is 7.09. The second-order valence-electron chi connectivity index (χ2n) is 5.69. The molecule has 0 amide bonds. The van der Waals surface area contributed by atoms with Gasteiger partial charge in [-0.25, -0.2) is 4.68 Å². The predicted octanol–water partition coefficient (Wildman–Crippen LogP) is 2.22. The molecule has 0 aromatic carbocycles. The minimum Gasteiger partial charge on any atom is -0.348 e. The summed E-state index contributed by atoms with van der Waals surface area (Å²) in [5.74, 6) is 0.656. The number of hydrogen-bond donors (Lipinski definition) is 1. The number of aromatic nitrogens is 2. The molecule has 7 heteroatoms. The van der Waals surface area contributed by atoms with Gasteiger partial charge in [-0.15, -0.1) is 0 Å². The normalized spacial score (nSPS) is 22.3.